The Morgan fingerprint density at radius 1 is 1.40 bits per heavy atom. The zero-order chi connectivity index (χ0) is 7.82. The normalized spacial score (nSPS) is 11.6. The van der Waals surface area contributed by atoms with E-state index in [1.807, 2.05) is 0 Å². The molecule has 0 amide bonds. The Bertz CT molecular complexity index is 99.3. The minimum absolute atomic E-state index is 0.131. The molecule has 3 N–H and O–H groups in total. The Hall–Kier alpha value is -0.0600. The Labute approximate surface area is 60.1 Å². The van der Waals surface area contributed by atoms with Crippen molar-refractivity contribution in [3.05, 3.63) is 0 Å². The molecule has 0 fully saturated rings. The van der Waals surface area contributed by atoms with Crippen LogP contribution < -0.4 is 5.73 Å². The summed E-state index contributed by atoms with van der Waals surface area (Å²) in [5, 5.41) is 0. The Kier molecular flexibility index (Phi) is 7.01. The summed E-state index contributed by atoms with van der Waals surface area (Å²) in [6, 6.07) is 0. The van der Waals surface area contributed by atoms with E-state index in [9.17, 15) is 4.57 Å². The molecule has 60 valence electrons. The van der Waals surface area contributed by atoms with Crippen molar-refractivity contribution in [1.29, 1.82) is 0 Å². The van der Waals surface area contributed by atoms with Crippen molar-refractivity contribution in [1.82, 2.24) is 0 Å². The van der Waals surface area contributed by atoms with E-state index in [2.05, 4.69) is 4.52 Å². The van der Waals surface area contributed by atoms with E-state index >= 15 is 0 Å². The lowest BCUT2D eigenvalue weighted by Gasteiger charge is -1.95. The van der Waals surface area contributed by atoms with Crippen LogP contribution >= 0.6 is 8.25 Å². The fraction of sp³-hybridized carbons (Fsp3) is 1.00. The van der Waals surface area contributed by atoms with Crippen LogP contribution in [0.3, 0.4) is 0 Å². The van der Waals surface area contributed by atoms with Gasteiger partial charge >= 0.3 is 8.25 Å². The van der Waals surface area contributed by atoms with E-state index in [0.717, 1.165) is 0 Å². The van der Waals surface area contributed by atoms with Crippen molar-refractivity contribution in [3.8, 4) is 0 Å². The molecule has 6 heteroatoms. The lowest BCUT2D eigenvalue weighted by molar-refractivity contribution is 0.104. The summed E-state index contributed by atoms with van der Waals surface area (Å²) in [5.41, 5.74) is 5.10. The Morgan fingerprint density at radius 3 is 2.60 bits per heavy atom. The van der Waals surface area contributed by atoms with Gasteiger partial charge in [-0.25, -0.2) is 0 Å². The maximum absolute atomic E-state index is 9.88. The summed E-state index contributed by atoms with van der Waals surface area (Å²) < 4.78 is 19.0. The molecule has 0 saturated heterocycles. The molecule has 0 aliphatic rings. The third-order valence-electron chi connectivity index (χ3n) is 0.692. The zero-order valence-corrected chi connectivity index (χ0v) is 6.42. The van der Waals surface area contributed by atoms with E-state index in [0.29, 0.717) is 19.8 Å². The van der Waals surface area contributed by atoms with Gasteiger partial charge in [0.15, 0.2) is 0 Å². The fourth-order valence-corrected chi connectivity index (χ4v) is 0.590. The van der Waals surface area contributed by atoms with Crippen LogP contribution in [0.4, 0.5) is 0 Å². The van der Waals surface area contributed by atoms with E-state index in [1.54, 1.807) is 0 Å². The summed E-state index contributed by atoms with van der Waals surface area (Å²) >= 11 is 0. The third-order valence-corrected chi connectivity index (χ3v) is 1.10. The molecule has 0 saturated carbocycles. The van der Waals surface area contributed by atoms with Crippen molar-refractivity contribution in [2.75, 3.05) is 26.4 Å². The van der Waals surface area contributed by atoms with Gasteiger partial charge in [-0.3, -0.25) is 0 Å². The van der Waals surface area contributed by atoms with Gasteiger partial charge in [0.05, 0.1) is 13.2 Å². The highest BCUT2D eigenvalue weighted by Gasteiger charge is 2.09. The van der Waals surface area contributed by atoms with Gasteiger partial charge in [-0.05, 0) is 0 Å². The van der Waals surface area contributed by atoms with Gasteiger partial charge in [-0.1, -0.05) is 0 Å². The van der Waals surface area contributed by atoms with Gasteiger partial charge < -0.3 is 10.5 Å². The first-order valence-electron chi connectivity index (χ1n) is 2.84. The smallest absolute Gasteiger partial charge is 0.378 e. The summed E-state index contributed by atoms with van der Waals surface area (Å²) in [6.45, 7) is 1.33. The average Bonchev–Trinajstić information content (AvgIpc) is 1.87. The van der Waals surface area contributed by atoms with Crippen molar-refractivity contribution < 1.29 is 18.7 Å². The molecule has 0 aliphatic heterocycles. The fourth-order valence-electron chi connectivity index (χ4n) is 0.360. The molecule has 1 atom stereocenters. The molecular weight excluding hydrogens is 157 g/mol. The molecule has 0 bridgehead atoms. The van der Waals surface area contributed by atoms with Crippen LogP contribution in [0.25, 0.3) is 0 Å². The molecule has 0 aromatic rings. The minimum Gasteiger partial charge on any atom is -0.378 e. The first-order chi connectivity index (χ1) is 4.77. The number of ether oxygens (including phenoxy) is 1. The quantitative estimate of drug-likeness (QED) is 0.417. The van der Waals surface area contributed by atoms with Gasteiger partial charge in [0.25, 0.3) is 0 Å². The SMILES string of the molecule is NCCOCCO[P+](=O)O. The van der Waals surface area contributed by atoms with E-state index in [-0.39, 0.29) is 6.61 Å². The maximum atomic E-state index is 9.88. The van der Waals surface area contributed by atoms with E-state index in [4.69, 9.17) is 15.4 Å². The van der Waals surface area contributed by atoms with Crippen molar-refractivity contribution in [2.24, 2.45) is 5.73 Å². The molecule has 5 nitrogen and oxygen atoms in total. The van der Waals surface area contributed by atoms with Crippen LogP contribution in [0.2, 0.25) is 0 Å². The first kappa shape index (κ1) is 9.94. The number of nitrogens with two attached hydrogens (primary N) is 1. The predicted octanol–water partition coefficient (Wildman–Crippen LogP) is -0.372. The first-order valence-corrected chi connectivity index (χ1v) is 3.97. The molecule has 0 spiro atoms. The van der Waals surface area contributed by atoms with Gasteiger partial charge in [0.1, 0.15) is 6.61 Å². The second-order valence-corrected chi connectivity index (χ2v) is 2.21. The second kappa shape index (κ2) is 7.05. The maximum Gasteiger partial charge on any atom is 0.694 e. The van der Waals surface area contributed by atoms with Crippen LogP contribution in [0.15, 0.2) is 0 Å². The molecule has 0 rings (SSSR count). The largest absolute Gasteiger partial charge is 0.694 e. The predicted molar refractivity (Wildman–Crippen MR) is 35.7 cm³/mol. The summed E-state index contributed by atoms with van der Waals surface area (Å²) in [7, 11) is -2.48. The number of hydrogen-bond acceptors (Lipinski definition) is 4. The Morgan fingerprint density at radius 2 is 2.10 bits per heavy atom. The number of hydrogen-bond donors (Lipinski definition) is 2. The van der Waals surface area contributed by atoms with E-state index < -0.39 is 8.25 Å². The van der Waals surface area contributed by atoms with Crippen molar-refractivity contribution >= 4 is 8.25 Å². The molecule has 0 aromatic carbocycles. The summed E-state index contributed by atoms with van der Waals surface area (Å²) in [6.07, 6.45) is 0. The summed E-state index contributed by atoms with van der Waals surface area (Å²) in [5.74, 6) is 0. The number of rotatable bonds is 6. The topological polar surface area (TPSA) is 81.8 Å². The highest BCUT2D eigenvalue weighted by atomic mass is 31.1. The van der Waals surface area contributed by atoms with Crippen LogP contribution in [0.5, 0.6) is 0 Å². The van der Waals surface area contributed by atoms with Gasteiger partial charge in [0, 0.05) is 11.1 Å². The zero-order valence-electron chi connectivity index (χ0n) is 5.52. The molecule has 0 radical (unpaired) electrons. The van der Waals surface area contributed by atoms with Crippen LogP contribution in [0.1, 0.15) is 0 Å². The lowest BCUT2D eigenvalue weighted by Crippen LogP contribution is -2.10. The molecule has 0 aliphatic carbocycles. The van der Waals surface area contributed by atoms with Gasteiger partial charge in [0.2, 0.25) is 0 Å². The lowest BCUT2D eigenvalue weighted by atomic mass is 10.7. The summed E-state index contributed by atoms with van der Waals surface area (Å²) in [4.78, 5) is 8.12. The molecular formula is C4H11NO4P+. The Balaban J connectivity index is 2.84. The van der Waals surface area contributed by atoms with Crippen LogP contribution in [-0.2, 0) is 13.8 Å². The average molecular weight is 168 g/mol. The molecule has 1 unspecified atom stereocenters. The molecule has 0 heterocycles. The molecule has 0 aromatic heterocycles. The van der Waals surface area contributed by atoms with Crippen LogP contribution in [0, 0.1) is 0 Å². The highest BCUT2D eigenvalue weighted by molar-refractivity contribution is 7.32. The van der Waals surface area contributed by atoms with E-state index in [1.165, 1.54) is 0 Å². The van der Waals surface area contributed by atoms with Gasteiger partial charge in [-0.2, -0.15) is 0 Å². The minimum atomic E-state index is -2.48. The molecule has 10 heavy (non-hydrogen) atoms. The third kappa shape index (κ3) is 7.94. The monoisotopic (exact) mass is 168 g/mol. The van der Waals surface area contributed by atoms with Crippen molar-refractivity contribution in [2.45, 2.75) is 0 Å². The standard InChI is InChI=1S/C4H10NO4P/c5-1-2-8-3-4-9-10(6)7/h1-5H2/p+1. The van der Waals surface area contributed by atoms with Crippen LogP contribution in [-0.4, -0.2) is 31.3 Å². The highest BCUT2D eigenvalue weighted by Crippen LogP contribution is 2.12. The van der Waals surface area contributed by atoms with Gasteiger partial charge in [-0.15, -0.1) is 9.42 Å². The van der Waals surface area contributed by atoms with Crippen molar-refractivity contribution in [3.63, 3.8) is 0 Å². The second-order valence-electron chi connectivity index (χ2n) is 1.47.